The third-order valence-electron chi connectivity index (χ3n) is 0.522. The fourth-order valence-electron chi connectivity index (χ4n) is 0.230. The molecule has 0 rings (SSSR count). The molecule has 2 N–H and O–H groups in total. The zero-order valence-electron chi connectivity index (χ0n) is 5.31. The third-order valence-corrected chi connectivity index (χ3v) is 0.522. The van der Waals surface area contributed by atoms with Crippen LogP contribution in [0.1, 0.15) is 0 Å². The zero-order valence-corrected chi connectivity index (χ0v) is 5.31. The van der Waals surface area contributed by atoms with Crippen molar-refractivity contribution in [2.24, 2.45) is 0 Å². The monoisotopic (exact) mass is 134 g/mol. The van der Waals surface area contributed by atoms with Crippen LogP contribution >= 0.6 is 0 Å². The van der Waals surface area contributed by atoms with Crippen molar-refractivity contribution in [2.45, 2.75) is 0 Å². The van der Waals surface area contributed by atoms with E-state index in [-0.39, 0.29) is 13.2 Å². The standard InChI is InChI=1S/C8H6O2/c9-7-5-3-1-2-4-6-8-10/h9-10H,7-8H2. The Morgan fingerprint density at radius 3 is 1.40 bits per heavy atom. The van der Waals surface area contributed by atoms with E-state index in [2.05, 4.69) is 35.5 Å². The van der Waals surface area contributed by atoms with Crippen LogP contribution in [0.2, 0.25) is 0 Å². The highest BCUT2D eigenvalue weighted by atomic mass is 16.3. The van der Waals surface area contributed by atoms with Crippen LogP contribution in [0.4, 0.5) is 0 Å². The first kappa shape index (κ1) is 8.60. The van der Waals surface area contributed by atoms with Gasteiger partial charge in [0, 0.05) is 0 Å². The molecule has 0 aromatic rings. The lowest BCUT2D eigenvalue weighted by Gasteiger charge is -1.63. The minimum absolute atomic E-state index is 0.192. The summed E-state index contributed by atoms with van der Waals surface area (Å²) in [7, 11) is 0. The summed E-state index contributed by atoms with van der Waals surface area (Å²) in [4.78, 5) is 0. The Balaban J connectivity index is 3.70. The Kier molecular flexibility index (Phi) is 6.54. The topological polar surface area (TPSA) is 40.5 Å². The van der Waals surface area contributed by atoms with Gasteiger partial charge in [-0.2, -0.15) is 0 Å². The highest BCUT2D eigenvalue weighted by Gasteiger charge is 1.58. The fraction of sp³-hybridized carbons (Fsp3) is 0.250. The Morgan fingerprint density at radius 1 is 0.700 bits per heavy atom. The molecule has 10 heavy (non-hydrogen) atoms. The molecule has 0 unspecified atom stereocenters. The average Bonchev–Trinajstić information content (AvgIpc) is 1.97. The number of aliphatic hydroxyl groups excluding tert-OH is 2. The van der Waals surface area contributed by atoms with E-state index in [9.17, 15) is 0 Å². The van der Waals surface area contributed by atoms with Crippen molar-refractivity contribution < 1.29 is 10.2 Å². The van der Waals surface area contributed by atoms with Crippen molar-refractivity contribution in [2.75, 3.05) is 13.2 Å². The van der Waals surface area contributed by atoms with Gasteiger partial charge in [-0.3, -0.25) is 0 Å². The summed E-state index contributed by atoms with van der Waals surface area (Å²) in [6, 6.07) is 0. The summed E-state index contributed by atoms with van der Waals surface area (Å²) in [5.41, 5.74) is 0. The summed E-state index contributed by atoms with van der Waals surface area (Å²) in [6.45, 7) is -0.385. The van der Waals surface area contributed by atoms with E-state index in [1.807, 2.05) is 0 Å². The van der Waals surface area contributed by atoms with Crippen molar-refractivity contribution in [1.29, 1.82) is 0 Å². The van der Waals surface area contributed by atoms with Crippen molar-refractivity contribution >= 4 is 0 Å². The van der Waals surface area contributed by atoms with E-state index in [0.717, 1.165) is 0 Å². The quantitative estimate of drug-likeness (QED) is 0.416. The van der Waals surface area contributed by atoms with Crippen molar-refractivity contribution in [3.05, 3.63) is 0 Å². The fourth-order valence-corrected chi connectivity index (χ4v) is 0.230. The second-order valence-corrected chi connectivity index (χ2v) is 1.17. The molecule has 0 spiro atoms. The predicted octanol–water partition coefficient (Wildman–Crippen LogP) is -1.02. The van der Waals surface area contributed by atoms with Crippen LogP contribution in [0.15, 0.2) is 0 Å². The van der Waals surface area contributed by atoms with Crippen LogP contribution in [0.3, 0.4) is 0 Å². The number of hydrogen-bond donors (Lipinski definition) is 2. The van der Waals surface area contributed by atoms with Crippen LogP contribution in [-0.2, 0) is 0 Å². The summed E-state index contributed by atoms with van der Waals surface area (Å²) in [5.74, 6) is 14.1. The Morgan fingerprint density at radius 2 is 1.10 bits per heavy atom. The maximum Gasteiger partial charge on any atom is 0.105 e. The molecule has 0 aromatic carbocycles. The third kappa shape index (κ3) is 6.60. The summed E-state index contributed by atoms with van der Waals surface area (Å²) < 4.78 is 0. The Labute approximate surface area is 59.9 Å². The second-order valence-electron chi connectivity index (χ2n) is 1.17. The second kappa shape index (κ2) is 7.60. The molecule has 0 bridgehead atoms. The molecule has 0 aliphatic rings. The van der Waals surface area contributed by atoms with Crippen molar-refractivity contribution in [3.8, 4) is 35.5 Å². The van der Waals surface area contributed by atoms with Crippen molar-refractivity contribution in [1.82, 2.24) is 0 Å². The van der Waals surface area contributed by atoms with Gasteiger partial charge in [0.15, 0.2) is 0 Å². The van der Waals surface area contributed by atoms with Crippen LogP contribution in [0, 0.1) is 35.5 Å². The molecule has 0 radical (unpaired) electrons. The maximum absolute atomic E-state index is 8.15. The van der Waals surface area contributed by atoms with Gasteiger partial charge in [0.2, 0.25) is 0 Å². The van der Waals surface area contributed by atoms with E-state index in [1.54, 1.807) is 0 Å². The number of aliphatic hydroxyl groups is 2. The molecule has 0 heterocycles. The molecule has 0 aliphatic heterocycles. The van der Waals surface area contributed by atoms with E-state index < -0.39 is 0 Å². The average molecular weight is 134 g/mol. The molecule has 0 atom stereocenters. The lowest BCUT2D eigenvalue weighted by Crippen LogP contribution is -1.69. The normalized spacial score (nSPS) is 5.40. The first-order valence-electron chi connectivity index (χ1n) is 2.59. The maximum atomic E-state index is 8.15. The highest BCUT2D eigenvalue weighted by molar-refractivity contribution is 5.35. The molecular weight excluding hydrogens is 128 g/mol. The molecule has 0 aromatic heterocycles. The van der Waals surface area contributed by atoms with Gasteiger partial charge in [-0.05, 0) is 23.7 Å². The molecule has 2 nitrogen and oxygen atoms in total. The Hall–Kier alpha value is -1.40. The van der Waals surface area contributed by atoms with Crippen LogP contribution < -0.4 is 0 Å². The molecule has 0 amide bonds. The van der Waals surface area contributed by atoms with Gasteiger partial charge in [0.25, 0.3) is 0 Å². The van der Waals surface area contributed by atoms with E-state index >= 15 is 0 Å². The summed E-state index contributed by atoms with van der Waals surface area (Å²) in [5, 5.41) is 16.3. The van der Waals surface area contributed by atoms with Gasteiger partial charge < -0.3 is 10.2 Å². The molecule has 0 saturated heterocycles. The van der Waals surface area contributed by atoms with Crippen LogP contribution in [0.5, 0.6) is 0 Å². The van der Waals surface area contributed by atoms with Gasteiger partial charge in [0.1, 0.15) is 13.2 Å². The molecule has 0 fully saturated rings. The van der Waals surface area contributed by atoms with Gasteiger partial charge in [-0.15, -0.1) is 0 Å². The van der Waals surface area contributed by atoms with E-state index in [4.69, 9.17) is 10.2 Å². The predicted molar refractivity (Wildman–Crippen MR) is 37.5 cm³/mol. The van der Waals surface area contributed by atoms with Gasteiger partial charge >= 0.3 is 0 Å². The molecular formula is C8H6O2. The Bertz CT molecular complexity index is 220. The minimum Gasteiger partial charge on any atom is -0.384 e. The molecule has 0 saturated carbocycles. The smallest absolute Gasteiger partial charge is 0.105 e. The molecule has 2 heteroatoms. The largest absolute Gasteiger partial charge is 0.384 e. The first-order valence-corrected chi connectivity index (χ1v) is 2.59. The number of rotatable bonds is 0. The molecule has 0 aliphatic carbocycles. The van der Waals surface area contributed by atoms with Gasteiger partial charge in [0.05, 0.1) is 0 Å². The zero-order chi connectivity index (χ0) is 7.66. The molecule has 50 valence electrons. The minimum atomic E-state index is -0.192. The first-order chi connectivity index (χ1) is 4.91. The van der Waals surface area contributed by atoms with Gasteiger partial charge in [-0.1, -0.05) is 11.8 Å². The summed E-state index contributed by atoms with van der Waals surface area (Å²) in [6.07, 6.45) is 0. The SMILES string of the molecule is OCC#CC#CC#CCO. The van der Waals surface area contributed by atoms with Gasteiger partial charge in [-0.25, -0.2) is 0 Å². The highest BCUT2D eigenvalue weighted by Crippen LogP contribution is 1.54. The van der Waals surface area contributed by atoms with Crippen LogP contribution in [0.25, 0.3) is 0 Å². The van der Waals surface area contributed by atoms with Crippen molar-refractivity contribution in [3.63, 3.8) is 0 Å². The van der Waals surface area contributed by atoms with Crippen LogP contribution in [-0.4, -0.2) is 23.4 Å². The van der Waals surface area contributed by atoms with E-state index in [0.29, 0.717) is 0 Å². The van der Waals surface area contributed by atoms with E-state index in [1.165, 1.54) is 0 Å². The lowest BCUT2D eigenvalue weighted by atomic mass is 10.5. The lowest BCUT2D eigenvalue weighted by molar-refractivity contribution is 0.350. The summed E-state index contributed by atoms with van der Waals surface area (Å²) >= 11 is 0. The number of hydrogen-bond acceptors (Lipinski definition) is 2.